The third-order valence-corrected chi connectivity index (χ3v) is 4.85. The Morgan fingerprint density at radius 3 is 2.58 bits per heavy atom. The molecule has 158 valence electrons. The summed E-state index contributed by atoms with van der Waals surface area (Å²) in [7, 11) is 1.11. The molecule has 8 heteroatoms. The van der Waals surface area contributed by atoms with E-state index in [2.05, 4.69) is 19.6 Å². The molecule has 2 aromatic carbocycles. The van der Waals surface area contributed by atoms with Crippen LogP contribution in [0.2, 0.25) is 0 Å². The van der Waals surface area contributed by atoms with Gasteiger partial charge in [-0.3, -0.25) is 0 Å². The Morgan fingerprint density at radius 1 is 1.10 bits per heavy atom. The van der Waals surface area contributed by atoms with Gasteiger partial charge in [-0.2, -0.15) is 13.2 Å². The second kappa shape index (κ2) is 8.14. The quantitative estimate of drug-likeness (QED) is 0.421. The molecule has 0 saturated heterocycles. The predicted octanol–water partition coefficient (Wildman–Crippen LogP) is 5.63. The lowest BCUT2D eigenvalue weighted by atomic mass is 10.1. The van der Waals surface area contributed by atoms with Gasteiger partial charge in [-0.05, 0) is 35.9 Å². The Kier molecular flexibility index (Phi) is 5.37. The van der Waals surface area contributed by atoms with E-state index in [1.54, 1.807) is 6.07 Å². The first-order valence-corrected chi connectivity index (χ1v) is 9.40. The Morgan fingerprint density at radius 2 is 1.87 bits per heavy atom. The summed E-state index contributed by atoms with van der Waals surface area (Å²) >= 11 is 0. The van der Waals surface area contributed by atoms with Crippen molar-refractivity contribution >= 4 is 28.4 Å². The SMILES string of the molecule is COC(=O)c1cc(C(F)(F)F)cnc1Nc1ccc2c(ccn2Cc2ccccc2)c1. The number of aromatic nitrogens is 2. The number of nitrogens with zero attached hydrogens (tertiary/aromatic N) is 2. The summed E-state index contributed by atoms with van der Waals surface area (Å²) in [6.07, 6.45) is -1.96. The normalized spacial score (nSPS) is 11.5. The first-order valence-electron chi connectivity index (χ1n) is 9.40. The van der Waals surface area contributed by atoms with Gasteiger partial charge in [-0.15, -0.1) is 0 Å². The van der Waals surface area contributed by atoms with Crippen LogP contribution in [0, 0.1) is 0 Å². The molecule has 4 rings (SSSR count). The third-order valence-electron chi connectivity index (χ3n) is 4.85. The number of carbonyl (C=O) groups is 1. The molecule has 0 fully saturated rings. The highest BCUT2D eigenvalue weighted by atomic mass is 19.4. The first kappa shape index (κ1) is 20.5. The molecule has 5 nitrogen and oxygen atoms in total. The molecule has 0 radical (unpaired) electrons. The Hall–Kier alpha value is -3.81. The van der Waals surface area contributed by atoms with Gasteiger partial charge < -0.3 is 14.6 Å². The Balaban J connectivity index is 1.63. The molecule has 0 amide bonds. The summed E-state index contributed by atoms with van der Waals surface area (Å²) in [4.78, 5) is 15.8. The zero-order valence-electron chi connectivity index (χ0n) is 16.5. The fraction of sp³-hybridized carbons (Fsp3) is 0.130. The number of ether oxygens (including phenoxy) is 1. The fourth-order valence-electron chi connectivity index (χ4n) is 3.32. The number of hydrogen-bond donors (Lipinski definition) is 1. The van der Waals surface area contributed by atoms with Crippen LogP contribution in [0.25, 0.3) is 10.9 Å². The molecular weight excluding hydrogens is 407 g/mol. The molecule has 0 saturated carbocycles. The van der Waals surface area contributed by atoms with E-state index in [1.165, 1.54) is 5.56 Å². The van der Waals surface area contributed by atoms with Crippen LogP contribution in [0.4, 0.5) is 24.7 Å². The number of esters is 1. The zero-order valence-corrected chi connectivity index (χ0v) is 16.5. The number of anilines is 2. The highest BCUT2D eigenvalue weighted by Crippen LogP contribution is 2.32. The van der Waals surface area contributed by atoms with Gasteiger partial charge in [0.15, 0.2) is 0 Å². The molecule has 31 heavy (non-hydrogen) atoms. The van der Waals surface area contributed by atoms with Crippen molar-refractivity contribution in [2.45, 2.75) is 12.7 Å². The summed E-state index contributed by atoms with van der Waals surface area (Å²) in [6.45, 7) is 0.712. The summed E-state index contributed by atoms with van der Waals surface area (Å²) in [5.41, 5.74) is 1.44. The van der Waals surface area contributed by atoms with Crippen molar-refractivity contribution in [3.63, 3.8) is 0 Å². The molecule has 0 spiro atoms. The largest absolute Gasteiger partial charge is 0.465 e. The average Bonchev–Trinajstić information content (AvgIpc) is 3.15. The topological polar surface area (TPSA) is 56.1 Å². The van der Waals surface area contributed by atoms with E-state index in [1.807, 2.05) is 54.7 Å². The summed E-state index contributed by atoms with van der Waals surface area (Å²) in [5, 5.41) is 3.87. The number of nitrogens with one attached hydrogen (secondary N) is 1. The van der Waals surface area contributed by atoms with Gasteiger partial charge >= 0.3 is 12.1 Å². The van der Waals surface area contributed by atoms with E-state index in [4.69, 9.17) is 0 Å². The van der Waals surface area contributed by atoms with Gasteiger partial charge in [0.05, 0.1) is 12.7 Å². The maximum absolute atomic E-state index is 13.0. The van der Waals surface area contributed by atoms with Gasteiger partial charge in [0.1, 0.15) is 11.4 Å². The number of rotatable bonds is 5. The van der Waals surface area contributed by atoms with Crippen LogP contribution in [0.1, 0.15) is 21.5 Å². The predicted molar refractivity (Wildman–Crippen MR) is 111 cm³/mol. The van der Waals surface area contributed by atoms with Crippen molar-refractivity contribution in [3.8, 4) is 0 Å². The zero-order chi connectivity index (χ0) is 22.0. The molecular formula is C23H18F3N3O2. The van der Waals surface area contributed by atoms with Crippen molar-refractivity contribution in [2.24, 2.45) is 0 Å². The van der Waals surface area contributed by atoms with E-state index >= 15 is 0 Å². The molecule has 0 aliphatic carbocycles. The standard InChI is InChI=1S/C23H18F3N3O2/c1-31-22(30)19-12-17(23(24,25)26)13-27-21(19)28-18-7-8-20-16(11-18)9-10-29(20)14-15-5-3-2-4-6-15/h2-13H,14H2,1H3,(H,27,28). The van der Waals surface area contributed by atoms with Crippen LogP contribution < -0.4 is 5.32 Å². The number of fused-ring (bicyclic) bond motifs is 1. The van der Waals surface area contributed by atoms with Crippen LogP contribution in [0.5, 0.6) is 0 Å². The molecule has 2 heterocycles. The van der Waals surface area contributed by atoms with Crippen molar-refractivity contribution in [2.75, 3.05) is 12.4 Å². The summed E-state index contributed by atoms with van der Waals surface area (Å²) in [6, 6.07) is 18.2. The van der Waals surface area contributed by atoms with Gasteiger partial charge in [0.2, 0.25) is 0 Å². The van der Waals surface area contributed by atoms with E-state index in [0.717, 1.165) is 24.1 Å². The van der Waals surface area contributed by atoms with Crippen LogP contribution >= 0.6 is 0 Å². The number of alkyl halides is 3. The molecule has 1 N–H and O–H groups in total. The lowest BCUT2D eigenvalue weighted by Crippen LogP contribution is -2.12. The van der Waals surface area contributed by atoms with Crippen LogP contribution in [-0.4, -0.2) is 22.6 Å². The van der Waals surface area contributed by atoms with E-state index in [9.17, 15) is 18.0 Å². The van der Waals surface area contributed by atoms with Crippen molar-refractivity contribution in [3.05, 3.63) is 89.7 Å². The minimum absolute atomic E-state index is 0.0112. The number of methoxy groups -OCH3 is 1. The molecule has 0 bridgehead atoms. The lowest BCUT2D eigenvalue weighted by Gasteiger charge is -2.13. The molecule has 0 aliphatic heterocycles. The second-order valence-corrected chi connectivity index (χ2v) is 6.94. The van der Waals surface area contributed by atoms with Gasteiger partial charge in [0.25, 0.3) is 0 Å². The number of pyridine rings is 1. The maximum atomic E-state index is 13.0. The molecule has 2 aromatic heterocycles. The van der Waals surface area contributed by atoms with Crippen LogP contribution in [0.3, 0.4) is 0 Å². The Bertz CT molecular complexity index is 1230. The van der Waals surface area contributed by atoms with Crippen molar-refractivity contribution < 1.29 is 22.7 Å². The van der Waals surface area contributed by atoms with Gasteiger partial charge in [-0.1, -0.05) is 30.3 Å². The second-order valence-electron chi connectivity index (χ2n) is 6.94. The number of benzene rings is 2. The minimum atomic E-state index is -4.62. The minimum Gasteiger partial charge on any atom is -0.465 e. The molecule has 0 unspecified atom stereocenters. The van der Waals surface area contributed by atoms with Gasteiger partial charge in [0, 0.05) is 35.5 Å². The first-order chi connectivity index (χ1) is 14.8. The lowest BCUT2D eigenvalue weighted by molar-refractivity contribution is -0.137. The Labute approximate surface area is 176 Å². The van der Waals surface area contributed by atoms with Crippen molar-refractivity contribution in [1.29, 1.82) is 0 Å². The maximum Gasteiger partial charge on any atom is 0.417 e. The van der Waals surface area contributed by atoms with Crippen molar-refractivity contribution in [1.82, 2.24) is 9.55 Å². The highest BCUT2D eigenvalue weighted by molar-refractivity contribution is 5.96. The van der Waals surface area contributed by atoms with Crippen LogP contribution in [-0.2, 0) is 17.5 Å². The smallest absolute Gasteiger partial charge is 0.417 e. The highest BCUT2D eigenvalue weighted by Gasteiger charge is 2.32. The molecule has 4 aromatic rings. The third kappa shape index (κ3) is 4.37. The fourth-order valence-corrected chi connectivity index (χ4v) is 3.32. The monoisotopic (exact) mass is 425 g/mol. The van der Waals surface area contributed by atoms with Crippen LogP contribution in [0.15, 0.2) is 73.1 Å². The number of carbonyl (C=O) groups excluding carboxylic acids is 1. The van der Waals surface area contributed by atoms with Gasteiger partial charge in [-0.25, -0.2) is 9.78 Å². The summed E-state index contributed by atoms with van der Waals surface area (Å²) in [5.74, 6) is -0.917. The number of hydrogen-bond acceptors (Lipinski definition) is 4. The molecule has 0 atom stereocenters. The summed E-state index contributed by atoms with van der Waals surface area (Å²) < 4.78 is 45.8. The van der Waals surface area contributed by atoms with E-state index < -0.39 is 17.7 Å². The van der Waals surface area contributed by atoms with E-state index in [-0.39, 0.29) is 11.4 Å². The average molecular weight is 425 g/mol. The number of halogens is 3. The van der Waals surface area contributed by atoms with E-state index in [0.29, 0.717) is 18.4 Å². The molecule has 0 aliphatic rings.